The Kier molecular flexibility index (Phi) is 5.58. The number of hydrogen-bond donors (Lipinski definition) is 3. The molecule has 0 saturated heterocycles. The highest BCUT2D eigenvalue weighted by Gasteiger charge is 2.14. The maximum Gasteiger partial charge on any atom is 0.0586 e. The van der Waals surface area contributed by atoms with Gasteiger partial charge in [0.05, 0.1) is 6.61 Å². The van der Waals surface area contributed by atoms with Crippen LogP contribution in [0.4, 0.5) is 0 Å². The summed E-state index contributed by atoms with van der Waals surface area (Å²) in [7, 11) is 0. The molecule has 0 aliphatic carbocycles. The van der Waals surface area contributed by atoms with Gasteiger partial charge >= 0.3 is 0 Å². The molecule has 0 bridgehead atoms. The number of hydrogen-bond acceptors (Lipinski definition) is 3. The van der Waals surface area contributed by atoms with E-state index in [0.29, 0.717) is 0 Å². The zero-order valence-corrected chi connectivity index (χ0v) is 6.45. The zero-order valence-electron chi connectivity index (χ0n) is 6.45. The minimum absolute atomic E-state index is 0.0365. The maximum absolute atomic E-state index is 8.77. The molecule has 4 N–H and O–H groups in total. The summed E-state index contributed by atoms with van der Waals surface area (Å²) in [5.41, 5.74) is 5.50. The summed E-state index contributed by atoms with van der Waals surface area (Å²) >= 11 is 0. The molecule has 0 radical (unpaired) electrons. The zero-order chi connectivity index (χ0) is 7.98. The lowest BCUT2D eigenvalue weighted by Crippen LogP contribution is -2.35. The van der Waals surface area contributed by atoms with Gasteiger partial charge in [-0.25, -0.2) is 0 Å². The van der Waals surface area contributed by atoms with Gasteiger partial charge in [-0.15, -0.1) is 0 Å². The van der Waals surface area contributed by atoms with E-state index in [1.807, 2.05) is 6.92 Å². The fourth-order valence-corrected chi connectivity index (χ4v) is 0.961. The quantitative estimate of drug-likeness (QED) is 0.501. The third-order valence-corrected chi connectivity index (χ3v) is 1.71. The van der Waals surface area contributed by atoms with Gasteiger partial charge in [0, 0.05) is 12.6 Å². The molecule has 0 aromatic heterocycles. The molecular weight excluding hydrogens is 130 g/mol. The summed E-state index contributed by atoms with van der Waals surface area (Å²) in [4.78, 5) is 0. The number of nitrogens with two attached hydrogens (primary N) is 1. The molecule has 0 aromatic carbocycles. The van der Waals surface area contributed by atoms with Gasteiger partial charge in [0.2, 0.25) is 0 Å². The lowest BCUT2D eigenvalue weighted by Gasteiger charge is -2.18. The normalized spacial score (nSPS) is 16.8. The van der Waals surface area contributed by atoms with E-state index in [4.69, 9.17) is 15.9 Å². The van der Waals surface area contributed by atoms with Crippen molar-refractivity contribution in [3.8, 4) is 0 Å². The molecule has 3 nitrogen and oxygen atoms in total. The van der Waals surface area contributed by atoms with Crippen LogP contribution in [0.5, 0.6) is 0 Å². The summed E-state index contributed by atoms with van der Waals surface area (Å²) < 4.78 is 0. The molecule has 0 saturated carbocycles. The van der Waals surface area contributed by atoms with E-state index in [2.05, 4.69) is 0 Å². The Morgan fingerprint density at radius 2 is 1.90 bits per heavy atom. The van der Waals surface area contributed by atoms with Crippen LogP contribution in [-0.2, 0) is 0 Å². The standard InChI is InChI=1S/C7H17NO2/c1-2-3-6(4-9)7(8)5-10/h6-7,9-10H,2-5,8H2,1H3. The van der Waals surface area contributed by atoms with Crippen LogP contribution < -0.4 is 5.73 Å². The molecule has 0 aliphatic rings. The smallest absolute Gasteiger partial charge is 0.0586 e. The Labute approximate surface area is 61.9 Å². The number of aliphatic hydroxyl groups is 2. The lowest BCUT2D eigenvalue weighted by molar-refractivity contribution is 0.154. The van der Waals surface area contributed by atoms with E-state index in [1.54, 1.807) is 0 Å². The highest BCUT2D eigenvalue weighted by atomic mass is 16.3. The van der Waals surface area contributed by atoms with Crippen LogP contribution in [0.3, 0.4) is 0 Å². The Morgan fingerprint density at radius 1 is 1.30 bits per heavy atom. The fraction of sp³-hybridized carbons (Fsp3) is 1.00. The predicted octanol–water partition coefficient (Wildman–Crippen LogP) is -0.285. The third kappa shape index (κ3) is 3.15. The summed E-state index contributed by atoms with van der Waals surface area (Å²) in [5, 5.41) is 17.4. The minimum Gasteiger partial charge on any atom is -0.396 e. The molecule has 0 aromatic rings. The molecule has 62 valence electrons. The first-order valence-electron chi connectivity index (χ1n) is 3.73. The van der Waals surface area contributed by atoms with Crippen molar-refractivity contribution in [1.82, 2.24) is 0 Å². The molecule has 0 amide bonds. The highest BCUT2D eigenvalue weighted by Crippen LogP contribution is 2.08. The lowest BCUT2D eigenvalue weighted by atomic mass is 9.97. The van der Waals surface area contributed by atoms with Crippen LogP contribution in [-0.4, -0.2) is 29.5 Å². The third-order valence-electron chi connectivity index (χ3n) is 1.71. The molecule has 0 fully saturated rings. The molecular formula is C7H17NO2. The first-order valence-corrected chi connectivity index (χ1v) is 3.73. The molecule has 0 aliphatic heterocycles. The van der Waals surface area contributed by atoms with E-state index in [-0.39, 0.29) is 25.2 Å². The van der Waals surface area contributed by atoms with Crippen molar-refractivity contribution in [3.05, 3.63) is 0 Å². The van der Waals surface area contributed by atoms with E-state index in [0.717, 1.165) is 12.8 Å². The van der Waals surface area contributed by atoms with Crippen molar-refractivity contribution in [1.29, 1.82) is 0 Å². The molecule has 0 spiro atoms. The minimum atomic E-state index is -0.259. The van der Waals surface area contributed by atoms with Gasteiger partial charge in [-0.1, -0.05) is 13.3 Å². The second-order valence-corrected chi connectivity index (χ2v) is 2.58. The topological polar surface area (TPSA) is 66.5 Å². The van der Waals surface area contributed by atoms with Crippen molar-refractivity contribution in [2.75, 3.05) is 13.2 Å². The van der Waals surface area contributed by atoms with E-state index in [9.17, 15) is 0 Å². The Bertz CT molecular complexity index is 78.0. The van der Waals surface area contributed by atoms with E-state index < -0.39 is 0 Å². The summed E-state index contributed by atoms with van der Waals surface area (Å²) in [6, 6.07) is -0.259. The average Bonchev–Trinajstić information content (AvgIpc) is 1.99. The summed E-state index contributed by atoms with van der Waals surface area (Å²) in [5.74, 6) is 0.0648. The van der Waals surface area contributed by atoms with Crippen molar-refractivity contribution < 1.29 is 10.2 Å². The number of aliphatic hydroxyl groups excluding tert-OH is 2. The molecule has 10 heavy (non-hydrogen) atoms. The predicted molar refractivity (Wildman–Crippen MR) is 40.5 cm³/mol. The van der Waals surface area contributed by atoms with Crippen LogP contribution in [0.2, 0.25) is 0 Å². The first kappa shape index (κ1) is 9.88. The molecule has 0 rings (SSSR count). The van der Waals surface area contributed by atoms with Crippen LogP contribution in [0, 0.1) is 5.92 Å². The second-order valence-electron chi connectivity index (χ2n) is 2.58. The molecule has 2 atom stereocenters. The Morgan fingerprint density at radius 3 is 2.20 bits per heavy atom. The van der Waals surface area contributed by atoms with Gasteiger partial charge in [0.1, 0.15) is 0 Å². The van der Waals surface area contributed by atoms with Gasteiger partial charge in [-0.3, -0.25) is 0 Å². The van der Waals surface area contributed by atoms with Crippen molar-refractivity contribution in [3.63, 3.8) is 0 Å². The van der Waals surface area contributed by atoms with Crippen LogP contribution in [0.1, 0.15) is 19.8 Å². The van der Waals surface area contributed by atoms with Gasteiger partial charge in [0.25, 0.3) is 0 Å². The highest BCUT2D eigenvalue weighted by molar-refractivity contribution is 4.70. The Hall–Kier alpha value is -0.120. The van der Waals surface area contributed by atoms with Crippen LogP contribution in [0.25, 0.3) is 0 Å². The molecule has 0 heterocycles. The van der Waals surface area contributed by atoms with E-state index in [1.165, 1.54) is 0 Å². The van der Waals surface area contributed by atoms with Crippen LogP contribution in [0.15, 0.2) is 0 Å². The summed E-state index contributed by atoms with van der Waals surface area (Å²) in [6.07, 6.45) is 1.89. The largest absolute Gasteiger partial charge is 0.396 e. The van der Waals surface area contributed by atoms with Gasteiger partial charge in [-0.05, 0) is 12.3 Å². The number of rotatable bonds is 5. The SMILES string of the molecule is CCCC(CO)C(N)CO. The van der Waals surface area contributed by atoms with Gasteiger partial charge in [-0.2, -0.15) is 0 Å². The fourth-order valence-electron chi connectivity index (χ4n) is 0.961. The average molecular weight is 147 g/mol. The maximum atomic E-state index is 8.77. The van der Waals surface area contributed by atoms with E-state index >= 15 is 0 Å². The van der Waals surface area contributed by atoms with Crippen molar-refractivity contribution >= 4 is 0 Å². The van der Waals surface area contributed by atoms with Crippen molar-refractivity contribution in [2.45, 2.75) is 25.8 Å². The van der Waals surface area contributed by atoms with Gasteiger partial charge in [0.15, 0.2) is 0 Å². The first-order chi connectivity index (χ1) is 4.76. The summed E-state index contributed by atoms with van der Waals surface area (Å²) in [6.45, 7) is 2.08. The van der Waals surface area contributed by atoms with Crippen molar-refractivity contribution in [2.24, 2.45) is 11.7 Å². The van der Waals surface area contributed by atoms with Gasteiger partial charge < -0.3 is 15.9 Å². The Balaban J connectivity index is 3.56. The second kappa shape index (κ2) is 5.65. The van der Waals surface area contributed by atoms with Crippen LogP contribution >= 0.6 is 0 Å². The monoisotopic (exact) mass is 147 g/mol. The molecule has 3 heteroatoms. The molecule has 2 unspecified atom stereocenters.